The summed E-state index contributed by atoms with van der Waals surface area (Å²) in [5.41, 5.74) is 6.73. The maximum absolute atomic E-state index is 5.90. The summed E-state index contributed by atoms with van der Waals surface area (Å²) in [6.07, 6.45) is 1.96. The van der Waals surface area contributed by atoms with Crippen LogP contribution in [0.5, 0.6) is 5.75 Å². The molecule has 1 fully saturated rings. The van der Waals surface area contributed by atoms with Crippen LogP contribution in [-0.2, 0) is 0 Å². The molecule has 5 nitrogen and oxygen atoms in total. The van der Waals surface area contributed by atoms with Crippen LogP contribution in [0, 0.1) is 13.8 Å². The van der Waals surface area contributed by atoms with E-state index >= 15 is 0 Å². The number of anilines is 1. The molecule has 0 spiro atoms. The van der Waals surface area contributed by atoms with Crippen LogP contribution in [0.2, 0.25) is 0 Å². The van der Waals surface area contributed by atoms with Crippen LogP contribution in [0.15, 0.2) is 85.1 Å². The Morgan fingerprint density at radius 1 is 0.914 bits per heavy atom. The molecule has 0 amide bonds. The van der Waals surface area contributed by atoms with Crippen molar-refractivity contribution in [2.75, 3.05) is 4.90 Å². The Kier molecular flexibility index (Phi) is 6.31. The third-order valence-corrected chi connectivity index (χ3v) is 6.70. The Labute approximate surface area is 212 Å². The Morgan fingerprint density at radius 3 is 2.29 bits per heavy atom. The third kappa shape index (κ3) is 4.42. The molecular weight excluding hydrogens is 452 g/mol. The summed E-state index contributed by atoms with van der Waals surface area (Å²) >= 11 is 5.90. The monoisotopic (exact) mass is 482 g/mol. The van der Waals surface area contributed by atoms with Gasteiger partial charge in [0.2, 0.25) is 0 Å². The Hall–Kier alpha value is -3.64. The van der Waals surface area contributed by atoms with Crippen molar-refractivity contribution in [3.05, 3.63) is 108 Å². The number of benzene rings is 2. The first-order valence-electron chi connectivity index (χ1n) is 12.0. The van der Waals surface area contributed by atoms with Crippen LogP contribution >= 0.6 is 12.2 Å². The molecule has 6 heteroatoms. The van der Waals surface area contributed by atoms with Crippen LogP contribution in [0.3, 0.4) is 0 Å². The van der Waals surface area contributed by atoms with Gasteiger partial charge in [-0.25, -0.2) is 0 Å². The fourth-order valence-electron chi connectivity index (χ4n) is 4.97. The molecule has 4 aromatic rings. The zero-order valence-electron chi connectivity index (χ0n) is 20.5. The van der Waals surface area contributed by atoms with E-state index in [9.17, 15) is 0 Å². The van der Waals surface area contributed by atoms with Gasteiger partial charge in [0.15, 0.2) is 5.11 Å². The van der Waals surface area contributed by atoms with Gasteiger partial charge in [-0.1, -0.05) is 24.3 Å². The smallest absolute Gasteiger partial charge is 0.174 e. The van der Waals surface area contributed by atoms with E-state index < -0.39 is 0 Å². The van der Waals surface area contributed by atoms with Gasteiger partial charge in [-0.2, -0.15) is 0 Å². The molecule has 0 aliphatic carbocycles. The number of aryl methyl sites for hydroxylation is 1. The van der Waals surface area contributed by atoms with Gasteiger partial charge in [-0.3, -0.25) is 4.98 Å². The summed E-state index contributed by atoms with van der Waals surface area (Å²) in [6.45, 7) is 8.40. The summed E-state index contributed by atoms with van der Waals surface area (Å²) < 4.78 is 8.18. The maximum atomic E-state index is 5.90. The number of aromatic nitrogens is 2. The first-order valence-corrected chi connectivity index (χ1v) is 12.4. The Balaban J connectivity index is 1.62. The van der Waals surface area contributed by atoms with Gasteiger partial charge in [0, 0.05) is 29.0 Å². The molecule has 1 saturated heterocycles. The molecule has 1 N–H and O–H groups in total. The van der Waals surface area contributed by atoms with Crippen molar-refractivity contribution < 1.29 is 4.74 Å². The lowest BCUT2D eigenvalue weighted by atomic mass is 9.96. The Morgan fingerprint density at radius 2 is 1.63 bits per heavy atom. The van der Waals surface area contributed by atoms with Crippen molar-refractivity contribution in [1.82, 2.24) is 14.9 Å². The molecule has 178 valence electrons. The molecule has 5 rings (SSSR count). The number of thiocarbonyl (C=S) groups is 1. The fourth-order valence-corrected chi connectivity index (χ4v) is 5.31. The molecule has 0 unspecified atom stereocenters. The number of nitrogens with zero attached hydrogens (tertiary/aromatic N) is 3. The first-order chi connectivity index (χ1) is 16.9. The standard InChI is InChI=1S/C29H30N4OS/c1-19(2)34-24-15-13-23(14-16-24)33-28(27(31-29(33)35)26-12-8-9-17-30-26)25-18-20(3)32(21(25)4)22-10-6-5-7-11-22/h5-19,27-28H,1-4H3,(H,31,35)/t27-,28-/m0/s1. The van der Waals surface area contributed by atoms with E-state index in [1.54, 1.807) is 0 Å². The van der Waals surface area contributed by atoms with Crippen LogP contribution in [0.4, 0.5) is 5.69 Å². The second-order valence-electron chi connectivity index (χ2n) is 9.15. The first kappa shape index (κ1) is 23.1. The minimum absolute atomic E-state index is 0.0575. The second kappa shape index (κ2) is 9.55. The molecule has 0 radical (unpaired) electrons. The van der Waals surface area contributed by atoms with Crippen LogP contribution in [-0.4, -0.2) is 20.8 Å². The van der Waals surface area contributed by atoms with Crippen molar-refractivity contribution in [2.45, 2.75) is 45.9 Å². The van der Waals surface area contributed by atoms with E-state index in [2.05, 4.69) is 82.1 Å². The highest BCUT2D eigenvalue weighted by atomic mass is 32.1. The number of pyridine rings is 1. The molecule has 2 aromatic heterocycles. The predicted molar refractivity (Wildman–Crippen MR) is 145 cm³/mol. The SMILES string of the molecule is Cc1cc([C@H]2[C@H](c3ccccn3)NC(=S)N2c2ccc(OC(C)C)cc2)c(C)n1-c1ccccc1. The van der Waals surface area contributed by atoms with Crippen LogP contribution in [0.25, 0.3) is 5.69 Å². The largest absolute Gasteiger partial charge is 0.491 e. The van der Waals surface area contributed by atoms with Crippen molar-refractivity contribution in [1.29, 1.82) is 0 Å². The fraction of sp³-hybridized carbons (Fsp3) is 0.241. The van der Waals surface area contributed by atoms with E-state index in [1.807, 2.05) is 50.4 Å². The van der Waals surface area contributed by atoms with E-state index in [1.165, 1.54) is 17.0 Å². The average Bonchev–Trinajstić information content (AvgIpc) is 3.35. The van der Waals surface area contributed by atoms with Crippen molar-refractivity contribution in [3.63, 3.8) is 0 Å². The molecule has 0 saturated carbocycles. The van der Waals surface area contributed by atoms with Gasteiger partial charge in [0.05, 0.1) is 23.9 Å². The van der Waals surface area contributed by atoms with Gasteiger partial charge in [0.25, 0.3) is 0 Å². The summed E-state index contributed by atoms with van der Waals surface area (Å²) in [7, 11) is 0. The minimum Gasteiger partial charge on any atom is -0.491 e. The predicted octanol–water partition coefficient (Wildman–Crippen LogP) is 6.45. The molecule has 3 heterocycles. The molecule has 1 aliphatic rings. The lowest BCUT2D eigenvalue weighted by Crippen LogP contribution is -2.29. The summed E-state index contributed by atoms with van der Waals surface area (Å²) in [6, 6.07) is 26.8. The van der Waals surface area contributed by atoms with Gasteiger partial charge in [0.1, 0.15) is 5.75 Å². The van der Waals surface area contributed by atoms with Crippen LogP contribution in [0.1, 0.15) is 48.6 Å². The number of hydrogen-bond acceptors (Lipinski definition) is 3. The highest BCUT2D eigenvalue weighted by Gasteiger charge is 2.42. The molecule has 0 bridgehead atoms. The number of hydrogen-bond donors (Lipinski definition) is 1. The maximum Gasteiger partial charge on any atom is 0.174 e. The van der Waals surface area contributed by atoms with E-state index in [-0.39, 0.29) is 18.2 Å². The summed E-state index contributed by atoms with van der Waals surface area (Å²) in [4.78, 5) is 6.90. The quantitative estimate of drug-likeness (QED) is 0.320. The van der Waals surface area contributed by atoms with Crippen molar-refractivity contribution in [2.24, 2.45) is 0 Å². The topological polar surface area (TPSA) is 42.3 Å². The van der Waals surface area contributed by atoms with Crippen molar-refractivity contribution >= 4 is 23.0 Å². The third-order valence-electron chi connectivity index (χ3n) is 6.39. The zero-order valence-corrected chi connectivity index (χ0v) is 21.3. The highest BCUT2D eigenvalue weighted by Crippen LogP contribution is 2.44. The lowest BCUT2D eigenvalue weighted by molar-refractivity contribution is 0.242. The zero-order chi connectivity index (χ0) is 24.5. The summed E-state index contributed by atoms with van der Waals surface area (Å²) in [5.74, 6) is 0.849. The minimum atomic E-state index is -0.0833. The van der Waals surface area contributed by atoms with E-state index in [4.69, 9.17) is 17.0 Å². The van der Waals surface area contributed by atoms with E-state index in [0.717, 1.165) is 22.8 Å². The molecule has 2 atom stereocenters. The molecule has 35 heavy (non-hydrogen) atoms. The number of rotatable bonds is 6. The van der Waals surface area contributed by atoms with Gasteiger partial charge >= 0.3 is 0 Å². The van der Waals surface area contributed by atoms with Gasteiger partial charge in [-0.05, 0) is 100 Å². The normalized spacial score (nSPS) is 17.6. The Bertz CT molecular complexity index is 1320. The van der Waals surface area contributed by atoms with E-state index in [0.29, 0.717) is 5.11 Å². The molecule has 1 aliphatic heterocycles. The number of nitrogens with one attached hydrogen (secondary N) is 1. The molecular formula is C29H30N4OS. The number of ether oxygens (including phenoxy) is 1. The lowest BCUT2D eigenvalue weighted by Gasteiger charge is -2.28. The number of para-hydroxylation sites is 1. The van der Waals surface area contributed by atoms with Crippen molar-refractivity contribution in [3.8, 4) is 11.4 Å². The average molecular weight is 483 g/mol. The van der Waals surface area contributed by atoms with Crippen LogP contribution < -0.4 is 15.0 Å². The summed E-state index contributed by atoms with van der Waals surface area (Å²) in [5, 5.41) is 4.25. The van der Waals surface area contributed by atoms with Gasteiger partial charge in [-0.15, -0.1) is 0 Å². The molecule has 2 aromatic carbocycles. The highest BCUT2D eigenvalue weighted by molar-refractivity contribution is 7.80. The van der Waals surface area contributed by atoms with Gasteiger partial charge < -0.3 is 19.5 Å². The second-order valence-corrected chi connectivity index (χ2v) is 9.54.